The molecule has 0 spiro atoms. The molecule has 3 aromatic rings. The number of hydroxylamine groups is 1. The van der Waals surface area contributed by atoms with Gasteiger partial charge in [-0.1, -0.05) is 31.1 Å². The van der Waals surface area contributed by atoms with E-state index in [0.717, 1.165) is 24.2 Å². The van der Waals surface area contributed by atoms with Crippen LogP contribution in [0, 0.1) is 5.21 Å². The van der Waals surface area contributed by atoms with Crippen molar-refractivity contribution in [3.63, 3.8) is 0 Å². The Balaban J connectivity index is 1.39. The Morgan fingerprint density at radius 2 is 2.03 bits per heavy atom. The van der Waals surface area contributed by atoms with E-state index in [2.05, 4.69) is 29.5 Å². The SMILES string of the molecule is CC1=N[N+]([O-])(c2ccc3c(c2)C(C)(C)CC3)C/C1=N\Nc1cccc(-c2ccc(C(=O)O)s2)c1O. The van der Waals surface area contributed by atoms with Crippen molar-refractivity contribution in [1.29, 1.82) is 0 Å². The standard InChI is InChI=1S/C26H26N4O4S/c1-15-21(14-30(34,29-15)17-8-7-16-11-12-26(2,3)19(16)13-17)28-27-20-6-4-5-18(24(20)31)22-9-10-23(35-22)25(32)33/h4-10,13,27,31H,11-12,14H2,1-3H3,(H,32,33)/b28-21+. The summed E-state index contributed by atoms with van der Waals surface area (Å²) in [5.41, 5.74) is 7.88. The number of fused-ring (bicyclic) bond motifs is 1. The van der Waals surface area contributed by atoms with Crippen molar-refractivity contribution in [3.05, 3.63) is 69.7 Å². The summed E-state index contributed by atoms with van der Waals surface area (Å²) in [7, 11) is 0. The number of benzene rings is 2. The number of phenols is 1. The number of aromatic carboxylic acids is 1. The number of hydrogen-bond acceptors (Lipinski definition) is 7. The number of rotatable bonds is 5. The average molecular weight is 491 g/mol. The Labute approximate surface area is 207 Å². The summed E-state index contributed by atoms with van der Waals surface area (Å²) in [4.78, 5) is 12.0. The molecular weight excluding hydrogens is 464 g/mol. The number of carboxylic acid groups (broad SMARTS) is 1. The van der Waals surface area contributed by atoms with Gasteiger partial charge < -0.3 is 15.4 Å². The van der Waals surface area contributed by atoms with Gasteiger partial charge in [-0.05, 0) is 60.6 Å². The van der Waals surface area contributed by atoms with Crippen LogP contribution in [-0.2, 0) is 11.8 Å². The number of hydrazone groups is 1. The van der Waals surface area contributed by atoms with Gasteiger partial charge in [0.2, 0.25) is 0 Å². The van der Waals surface area contributed by atoms with Gasteiger partial charge in [0.25, 0.3) is 0 Å². The molecule has 180 valence electrons. The number of para-hydroxylation sites is 1. The van der Waals surface area contributed by atoms with E-state index in [1.807, 2.05) is 18.2 Å². The van der Waals surface area contributed by atoms with Gasteiger partial charge in [-0.15, -0.1) is 11.3 Å². The van der Waals surface area contributed by atoms with E-state index < -0.39 is 10.7 Å². The molecule has 35 heavy (non-hydrogen) atoms. The molecule has 0 saturated heterocycles. The van der Waals surface area contributed by atoms with Crippen LogP contribution in [0.2, 0.25) is 0 Å². The molecule has 1 aromatic heterocycles. The molecule has 2 heterocycles. The van der Waals surface area contributed by atoms with Crippen LogP contribution in [0.5, 0.6) is 5.75 Å². The first-order valence-corrected chi connectivity index (χ1v) is 12.2. The first-order valence-electron chi connectivity index (χ1n) is 11.4. The number of phenolic OH excluding ortho intramolecular Hbond substituents is 1. The largest absolute Gasteiger partial charge is 0.599 e. The number of hydrogen-bond donors (Lipinski definition) is 3. The van der Waals surface area contributed by atoms with E-state index in [1.54, 1.807) is 31.2 Å². The van der Waals surface area contributed by atoms with Gasteiger partial charge in [0.1, 0.15) is 22.1 Å². The van der Waals surface area contributed by atoms with Gasteiger partial charge >= 0.3 is 5.97 Å². The molecule has 1 atom stereocenters. The smallest absolute Gasteiger partial charge is 0.345 e. The molecular formula is C26H26N4O4S. The van der Waals surface area contributed by atoms with Crippen molar-refractivity contribution in [2.45, 2.75) is 39.0 Å². The molecule has 0 saturated carbocycles. The zero-order valence-electron chi connectivity index (χ0n) is 19.7. The number of quaternary nitrogens is 1. The fraction of sp³-hybridized carbons (Fsp3) is 0.269. The van der Waals surface area contributed by atoms with Crippen LogP contribution in [-0.4, -0.2) is 34.2 Å². The van der Waals surface area contributed by atoms with Gasteiger partial charge in [0, 0.05) is 22.6 Å². The molecule has 2 aromatic carbocycles. The first kappa shape index (κ1) is 23.2. The molecule has 3 N–H and O–H groups in total. The maximum absolute atomic E-state index is 13.7. The minimum atomic E-state index is -1.01. The number of carbonyl (C=O) groups is 1. The Morgan fingerprint density at radius 3 is 2.77 bits per heavy atom. The second kappa shape index (κ2) is 8.30. The van der Waals surface area contributed by atoms with Crippen LogP contribution < -0.4 is 10.2 Å². The quantitative estimate of drug-likeness (QED) is 0.183. The third-order valence-corrected chi connectivity index (χ3v) is 7.87. The van der Waals surface area contributed by atoms with Crippen molar-refractivity contribution in [1.82, 2.24) is 4.76 Å². The zero-order chi connectivity index (χ0) is 25.0. The third kappa shape index (κ3) is 4.12. The summed E-state index contributed by atoms with van der Waals surface area (Å²) in [6.45, 7) is 6.20. The number of aromatic hydroxyl groups is 1. The molecule has 1 aliphatic carbocycles. The van der Waals surface area contributed by atoms with Crippen LogP contribution in [0.15, 0.2) is 58.7 Å². The Kier molecular flexibility index (Phi) is 5.51. The van der Waals surface area contributed by atoms with Gasteiger partial charge in [-0.2, -0.15) is 9.86 Å². The summed E-state index contributed by atoms with van der Waals surface area (Å²) in [6.07, 6.45) is 2.08. The van der Waals surface area contributed by atoms with Crippen molar-refractivity contribution in [3.8, 4) is 16.2 Å². The fourth-order valence-electron chi connectivity index (χ4n) is 4.69. The topological polar surface area (TPSA) is 117 Å². The van der Waals surface area contributed by atoms with E-state index in [4.69, 9.17) is 0 Å². The fourth-order valence-corrected chi connectivity index (χ4v) is 5.56. The number of anilines is 1. The van der Waals surface area contributed by atoms with Crippen molar-refractivity contribution < 1.29 is 15.0 Å². The second-order valence-electron chi connectivity index (χ2n) is 9.61. The Bertz CT molecular complexity index is 1410. The van der Waals surface area contributed by atoms with Crippen LogP contribution in [0.4, 0.5) is 11.4 Å². The number of thiophene rings is 1. The van der Waals surface area contributed by atoms with Crippen molar-refractivity contribution in [2.24, 2.45) is 10.2 Å². The lowest BCUT2D eigenvalue weighted by Gasteiger charge is -2.32. The highest BCUT2D eigenvalue weighted by atomic mass is 32.1. The van der Waals surface area contributed by atoms with E-state index in [9.17, 15) is 20.2 Å². The number of nitrogens with one attached hydrogen (secondary N) is 1. The number of aryl methyl sites for hydroxylation is 1. The van der Waals surface area contributed by atoms with Gasteiger partial charge in [0.15, 0.2) is 12.2 Å². The second-order valence-corrected chi connectivity index (χ2v) is 10.7. The normalized spacial score (nSPS) is 21.7. The molecule has 9 heteroatoms. The lowest BCUT2D eigenvalue weighted by molar-refractivity contribution is 0.0702. The Morgan fingerprint density at radius 1 is 1.23 bits per heavy atom. The van der Waals surface area contributed by atoms with Crippen LogP contribution in [0.1, 0.15) is 48.0 Å². The summed E-state index contributed by atoms with van der Waals surface area (Å²) in [6, 6.07) is 14.2. The van der Waals surface area contributed by atoms with E-state index in [-0.39, 0.29) is 22.6 Å². The zero-order valence-corrected chi connectivity index (χ0v) is 20.5. The van der Waals surface area contributed by atoms with Gasteiger partial charge in [-0.3, -0.25) is 5.43 Å². The molecule has 1 unspecified atom stereocenters. The van der Waals surface area contributed by atoms with Crippen LogP contribution in [0.25, 0.3) is 10.4 Å². The summed E-state index contributed by atoms with van der Waals surface area (Å²) < 4.78 is -0.852. The molecule has 0 bridgehead atoms. The predicted octanol–water partition coefficient (Wildman–Crippen LogP) is 5.71. The van der Waals surface area contributed by atoms with Crippen LogP contribution in [0.3, 0.4) is 0 Å². The molecule has 5 rings (SSSR count). The van der Waals surface area contributed by atoms with Crippen molar-refractivity contribution >= 4 is 40.1 Å². The summed E-state index contributed by atoms with van der Waals surface area (Å²) >= 11 is 1.08. The minimum Gasteiger partial charge on any atom is -0.599 e. The minimum absolute atomic E-state index is 0.0395. The number of carboxylic acids is 1. The molecule has 0 radical (unpaired) electrons. The monoisotopic (exact) mass is 490 g/mol. The van der Waals surface area contributed by atoms with Crippen LogP contribution >= 0.6 is 11.3 Å². The first-order chi connectivity index (χ1) is 16.6. The summed E-state index contributed by atoms with van der Waals surface area (Å²) in [5.74, 6) is -1.06. The highest BCUT2D eigenvalue weighted by molar-refractivity contribution is 7.17. The molecule has 0 amide bonds. The lowest BCUT2D eigenvalue weighted by Crippen LogP contribution is -2.37. The maximum Gasteiger partial charge on any atom is 0.345 e. The molecule has 8 nitrogen and oxygen atoms in total. The average Bonchev–Trinajstić information content (AvgIpc) is 3.50. The molecule has 1 aliphatic heterocycles. The van der Waals surface area contributed by atoms with Crippen molar-refractivity contribution in [2.75, 3.05) is 12.0 Å². The van der Waals surface area contributed by atoms with E-state index in [1.165, 1.54) is 17.2 Å². The highest BCUT2D eigenvalue weighted by Crippen LogP contribution is 2.42. The van der Waals surface area contributed by atoms with E-state index >= 15 is 0 Å². The predicted molar refractivity (Wildman–Crippen MR) is 140 cm³/mol. The van der Waals surface area contributed by atoms with E-state index in [0.29, 0.717) is 33.2 Å². The van der Waals surface area contributed by atoms with Gasteiger partial charge in [0.05, 0.1) is 5.69 Å². The highest BCUT2D eigenvalue weighted by Gasteiger charge is 2.36. The summed E-state index contributed by atoms with van der Waals surface area (Å²) in [5, 5.41) is 42.4. The number of nitrogens with zero attached hydrogens (tertiary/aromatic N) is 3. The maximum atomic E-state index is 13.7. The molecule has 2 aliphatic rings. The molecule has 0 fully saturated rings. The Hall–Kier alpha value is -3.53. The van der Waals surface area contributed by atoms with Gasteiger partial charge in [-0.25, -0.2) is 4.79 Å². The third-order valence-electron chi connectivity index (χ3n) is 6.77. The lowest BCUT2D eigenvalue weighted by atomic mass is 9.86.